The highest BCUT2D eigenvalue weighted by Gasteiger charge is 2.33. The lowest BCUT2D eigenvalue weighted by Gasteiger charge is -2.33. The Morgan fingerprint density at radius 2 is 1.61 bits per heavy atom. The molecule has 150 valence electrons. The molecular formula is C18H18ClF2N3O3S. The molecule has 2 aromatic carbocycles. The molecule has 1 fully saturated rings. The van der Waals surface area contributed by atoms with Crippen molar-refractivity contribution in [3.05, 3.63) is 59.1 Å². The maximum Gasteiger partial charge on any atom is 0.249 e. The lowest BCUT2D eigenvalue weighted by molar-refractivity contribution is -0.117. The Kier molecular flexibility index (Phi) is 6.29. The van der Waals surface area contributed by atoms with Crippen molar-refractivity contribution < 1.29 is 22.0 Å². The fourth-order valence-corrected chi connectivity index (χ4v) is 4.66. The van der Waals surface area contributed by atoms with E-state index in [1.54, 1.807) is 29.2 Å². The van der Waals surface area contributed by atoms with Crippen LogP contribution in [0.4, 0.5) is 14.5 Å². The minimum Gasteiger partial charge on any atom is -0.324 e. The standard InChI is InChI=1S/C18H18ClF2N3O3S/c19-13-4-1-2-7-16(13)22-17(25)12-23-8-10-24(11-9-23)28(26,27)18-14(20)5-3-6-15(18)21/h1-7H,8-12H2,(H,22,25). The third-order valence-electron chi connectivity index (χ3n) is 4.36. The Morgan fingerprint density at radius 1 is 1.00 bits per heavy atom. The minimum absolute atomic E-state index is 0.0233. The second kappa shape index (κ2) is 8.52. The summed E-state index contributed by atoms with van der Waals surface area (Å²) >= 11 is 6.00. The molecule has 3 rings (SSSR count). The largest absolute Gasteiger partial charge is 0.324 e. The van der Waals surface area contributed by atoms with Gasteiger partial charge in [-0.2, -0.15) is 4.31 Å². The van der Waals surface area contributed by atoms with Gasteiger partial charge in [0, 0.05) is 26.2 Å². The van der Waals surface area contributed by atoms with Crippen LogP contribution in [0.5, 0.6) is 0 Å². The van der Waals surface area contributed by atoms with Gasteiger partial charge in [0.15, 0.2) is 4.90 Å². The number of nitrogens with one attached hydrogen (secondary N) is 1. The molecule has 0 aromatic heterocycles. The topological polar surface area (TPSA) is 69.7 Å². The van der Waals surface area contributed by atoms with E-state index in [2.05, 4.69) is 5.32 Å². The molecule has 0 bridgehead atoms. The van der Waals surface area contributed by atoms with Crippen LogP contribution in [-0.4, -0.2) is 56.3 Å². The summed E-state index contributed by atoms with van der Waals surface area (Å²) < 4.78 is 53.9. The molecule has 0 radical (unpaired) electrons. The van der Waals surface area contributed by atoms with E-state index in [0.717, 1.165) is 22.5 Å². The van der Waals surface area contributed by atoms with Crippen LogP contribution < -0.4 is 5.32 Å². The fourth-order valence-electron chi connectivity index (χ4n) is 2.94. The van der Waals surface area contributed by atoms with Gasteiger partial charge in [-0.1, -0.05) is 29.8 Å². The number of para-hydroxylation sites is 1. The van der Waals surface area contributed by atoms with Crippen LogP contribution in [0.1, 0.15) is 0 Å². The van der Waals surface area contributed by atoms with E-state index in [1.165, 1.54) is 0 Å². The lowest BCUT2D eigenvalue weighted by Crippen LogP contribution is -2.50. The summed E-state index contributed by atoms with van der Waals surface area (Å²) in [6, 6.07) is 9.75. The zero-order chi connectivity index (χ0) is 20.3. The molecule has 0 unspecified atom stereocenters. The quantitative estimate of drug-likeness (QED) is 0.793. The smallest absolute Gasteiger partial charge is 0.249 e. The number of piperazine rings is 1. The van der Waals surface area contributed by atoms with E-state index in [-0.39, 0.29) is 38.6 Å². The van der Waals surface area contributed by atoms with Crippen LogP contribution in [0, 0.1) is 11.6 Å². The summed E-state index contributed by atoms with van der Waals surface area (Å²) in [5.74, 6) is -2.53. The third kappa shape index (κ3) is 4.49. The van der Waals surface area contributed by atoms with Gasteiger partial charge in [0.05, 0.1) is 17.3 Å². The van der Waals surface area contributed by atoms with Crippen molar-refractivity contribution >= 4 is 33.2 Å². The van der Waals surface area contributed by atoms with Crippen molar-refractivity contribution in [2.45, 2.75) is 4.90 Å². The monoisotopic (exact) mass is 429 g/mol. The molecule has 0 aliphatic carbocycles. The zero-order valence-corrected chi connectivity index (χ0v) is 16.3. The van der Waals surface area contributed by atoms with E-state index in [9.17, 15) is 22.0 Å². The van der Waals surface area contributed by atoms with Gasteiger partial charge in [-0.25, -0.2) is 17.2 Å². The number of benzene rings is 2. The Morgan fingerprint density at radius 3 is 2.21 bits per heavy atom. The molecule has 1 heterocycles. The van der Waals surface area contributed by atoms with E-state index in [1.807, 2.05) is 0 Å². The summed E-state index contributed by atoms with van der Waals surface area (Å²) in [6.45, 7) is 0.606. The van der Waals surface area contributed by atoms with Gasteiger partial charge in [-0.05, 0) is 24.3 Å². The number of hydrogen-bond donors (Lipinski definition) is 1. The van der Waals surface area contributed by atoms with E-state index >= 15 is 0 Å². The maximum absolute atomic E-state index is 13.9. The Balaban J connectivity index is 1.60. The number of rotatable bonds is 5. The molecule has 2 aromatic rings. The molecule has 0 saturated carbocycles. The van der Waals surface area contributed by atoms with Crippen LogP contribution in [-0.2, 0) is 14.8 Å². The summed E-state index contributed by atoms with van der Waals surface area (Å²) in [6.07, 6.45) is 0. The van der Waals surface area contributed by atoms with Gasteiger partial charge < -0.3 is 5.32 Å². The summed E-state index contributed by atoms with van der Waals surface area (Å²) in [5, 5.41) is 3.11. The molecule has 1 saturated heterocycles. The molecule has 6 nitrogen and oxygen atoms in total. The van der Waals surface area contributed by atoms with Crippen LogP contribution >= 0.6 is 11.6 Å². The zero-order valence-electron chi connectivity index (χ0n) is 14.7. The highest BCUT2D eigenvalue weighted by Crippen LogP contribution is 2.24. The highest BCUT2D eigenvalue weighted by molar-refractivity contribution is 7.89. The number of carbonyl (C=O) groups excluding carboxylic acids is 1. The predicted octanol–water partition coefficient (Wildman–Crippen LogP) is 2.56. The van der Waals surface area contributed by atoms with Crippen molar-refractivity contribution in [2.75, 3.05) is 38.0 Å². The maximum atomic E-state index is 13.9. The minimum atomic E-state index is -4.29. The Bertz CT molecular complexity index is 960. The SMILES string of the molecule is O=C(CN1CCN(S(=O)(=O)c2c(F)cccc2F)CC1)Nc1ccccc1Cl. The van der Waals surface area contributed by atoms with Crippen LogP contribution in [0.2, 0.25) is 5.02 Å². The highest BCUT2D eigenvalue weighted by atomic mass is 35.5. The summed E-state index contributed by atoms with van der Waals surface area (Å²) in [5.41, 5.74) is 0.491. The van der Waals surface area contributed by atoms with Crippen molar-refractivity contribution in [3.63, 3.8) is 0 Å². The van der Waals surface area contributed by atoms with Crippen molar-refractivity contribution in [3.8, 4) is 0 Å². The van der Waals surface area contributed by atoms with Crippen LogP contribution in [0.3, 0.4) is 0 Å². The van der Waals surface area contributed by atoms with E-state index < -0.39 is 26.6 Å². The Labute approximate surface area is 166 Å². The van der Waals surface area contributed by atoms with Crippen LogP contribution in [0.15, 0.2) is 47.4 Å². The molecule has 10 heteroatoms. The second-order valence-electron chi connectivity index (χ2n) is 6.26. The van der Waals surface area contributed by atoms with Crippen molar-refractivity contribution in [1.29, 1.82) is 0 Å². The molecule has 1 aliphatic heterocycles. The van der Waals surface area contributed by atoms with Crippen molar-refractivity contribution in [2.24, 2.45) is 0 Å². The molecule has 1 N–H and O–H groups in total. The normalized spacial score (nSPS) is 16.1. The predicted molar refractivity (Wildman–Crippen MR) is 102 cm³/mol. The van der Waals surface area contributed by atoms with E-state index in [4.69, 9.17) is 11.6 Å². The van der Waals surface area contributed by atoms with Gasteiger partial charge in [0.2, 0.25) is 15.9 Å². The molecule has 0 atom stereocenters. The number of carbonyl (C=O) groups is 1. The lowest BCUT2D eigenvalue weighted by atomic mass is 10.3. The van der Waals surface area contributed by atoms with Gasteiger partial charge >= 0.3 is 0 Å². The van der Waals surface area contributed by atoms with E-state index in [0.29, 0.717) is 10.7 Å². The first kappa shape index (κ1) is 20.7. The number of nitrogens with zero attached hydrogens (tertiary/aromatic N) is 2. The average molecular weight is 430 g/mol. The first-order chi connectivity index (χ1) is 13.3. The molecule has 28 heavy (non-hydrogen) atoms. The van der Waals surface area contributed by atoms with Crippen LogP contribution in [0.25, 0.3) is 0 Å². The number of sulfonamides is 1. The first-order valence-corrected chi connectivity index (χ1v) is 10.3. The molecule has 1 aliphatic rings. The summed E-state index contributed by atoms with van der Waals surface area (Å²) in [4.78, 5) is 13.0. The fraction of sp³-hybridized carbons (Fsp3) is 0.278. The van der Waals surface area contributed by atoms with Crippen molar-refractivity contribution in [1.82, 2.24) is 9.21 Å². The Hall–Kier alpha value is -2.07. The number of halogens is 3. The number of amides is 1. The summed E-state index contributed by atoms with van der Waals surface area (Å²) in [7, 11) is -4.29. The number of hydrogen-bond acceptors (Lipinski definition) is 4. The first-order valence-electron chi connectivity index (χ1n) is 8.50. The van der Waals surface area contributed by atoms with Gasteiger partial charge in [0.1, 0.15) is 11.6 Å². The molecule has 1 amide bonds. The van der Waals surface area contributed by atoms with Gasteiger partial charge in [-0.3, -0.25) is 9.69 Å². The second-order valence-corrected chi connectivity index (χ2v) is 8.54. The molecule has 0 spiro atoms. The number of anilines is 1. The average Bonchev–Trinajstić information content (AvgIpc) is 2.64. The third-order valence-corrected chi connectivity index (χ3v) is 6.64. The van der Waals surface area contributed by atoms with Gasteiger partial charge in [0.25, 0.3) is 0 Å². The molecular weight excluding hydrogens is 412 g/mol. The van der Waals surface area contributed by atoms with Gasteiger partial charge in [-0.15, -0.1) is 0 Å².